The van der Waals surface area contributed by atoms with Crippen LogP contribution in [0.1, 0.15) is 12.5 Å². The molecule has 26 heavy (non-hydrogen) atoms. The highest BCUT2D eigenvalue weighted by atomic mass is 32.1. The monoisotopic (exact) mass is 385 g/mol. The Labute approximate surface area is 156 Å². The second kappa shape index (κ2) is 10.00. The lowest BCUT2D eigenvalue weighted by atomic mass is 10.0. The number of phenolic OH excluding ortho intramolecular Hbond substituents is 1. The summed E-state index contributed by atoms with van der Waals surface area (Å²) in [6.07, 6.45) is -1.30. The maximum absolute atomic E-state index is 12.5. The van der Waals surface area contributed by atoms with E-state index >= 15 is 0 Å². The van der Waals surface area contributed by atoms with Gasteiger partial charge in [-0.2, -0.15) is 12.6 Å². The molecular formula is C16H23N3O6S. The van der Waals surface area contributed by atoms with E-state index in [1.165, 1.54) is 19.1 Å². The summed E-state index contributed by atoms with van der Waals surface area (Å²) in [6, 6.07) is 2.36. The standard InChI is InChI=1S/C16H23N3O6S/c1-8(20)13(16(24)25)19-15(23)12(18-14(22)11(17)7-26)6-9-2-4-10(21)5-3-9/h2-5,8,11-13,20-21,26H,6-7,17H2,1H3,(H,18,22)(H,19,23)(H,24,25)/t8-,11+,12+,13+/m1/s1. The van der Waals surface area contributed by atoms with E-state index in [1.807, 2.05) is 0 Å². The maximum atomic E-state index is 12.5. The number of carboxylic acid groups (broad SMARTS) is 1. The van der Waals surface area contributed by atoms with Gasteiger partial charge in [0.25, 0.3) is 0 Å². The van der Waals surface area contributed by atoms with Gasteiger partial charge in [-0.1, -0.05) is 12.1 Å². The zero-order valence-corrected chi connectivity index (χ0v) is 15.0. The van der Waals surface area contributed by atoms with Gasteiger partial charge < -0.3 is 31.7 Å². The van der Waals surface area contributed by atoms with Gasteiger partial charge in [-0.05, 0) is 24.6 Å². The summed E-state index contributed by atoms with van der Waals surface area (Å²) in [7, 11) is 0. The third kappa shape index (κ3) is 6.54. The first-order valence-electron chi connectivity index (χ1n) is 7.81. The molecule has 0 fully saturated rings. The molecule has 0 spiro atoms. The number of aromatic hydroxyl groups is 1. The molecule has 4 atom stereocenters. The molecule has 0 heterocycles. The number of thiol groups is 1. The number of nitrogens with one attached hydrogen (secondary N) is 2. The predicted molar refractivity (Wildman–Crippen MR) is 96.8 cm³/mol. The van der Waals surface area contributed by atoms with Gasteiger partial charge in [-0.25, -0.2) is 4.79 Å². The van der Waals surface area contributed by atoms with E-state index in [0.29, 0.717) is 5.56 Å². The zero-order valence-electron chi connectivity index (χ0n) is 14.1. The molecule has 1 rings (SSSR count). The Morgan fingerprint density at radius 3 is 2.19 bits per heavy atom. The second-order valence-electron chi connectivity index (χ2n) is 5.79. The van der Waals surface area contributed by atoms with E-state index in [1.54, 1.807) is 12.1 Å². The number of carbonyl (C=O) groups is 3. The van der Waals surface area contributed by atoms with Crippen LogP contribution in [0.15, 0.2) is 24.3 Å². The van der Waals surface area contributed by atoms with Crippen molar-refractivity contribution in [1.82, 2.24) is 10.6 Å². The van der Waals surface area contributed by atoms with Gasteiger partial charge in [0.2, 0.25) is 11.8 Å². The minimum Gasteiger partial charge on any atom is -0.508 e. The fourth-order valence-corrected chi connectivity index (χ4v) is 2.25. The molecular weight excluding hydrogens is 362 g/mol. The van der Waals surface area contributed by atoms with Gasteiger partial charge in [0, 0.05) is 12.2 Å². The van der Waals surface area contributed by atoms with Gasteiger partial charge in [0.05, 0.1) is 12.1 Å². The highest BCUT2D eigenvalue weighted by Gasteiger charge is 2.30. The number of phenols is 1. The Hall–Kier alpha value is -2.30. The number of carbonyl (C=O) groups excluding carboxylic acids is 2. The molecule has 0 aliphatic carbocycles. The summed E-state index contributed by atoms with van der Waals surface area (Å²) in [4.78, 5) is 35.6. The van der Waals surface area contributed by atoms with Crippen molar-refractivity contribution in [2.75, 3.05) is 5.75 Å². The quantitative estimate of drug-likeness (QED) is 0.258. The van der Waals surface area contributed by atoms with Crippen LogP contribution in [0.2, 0.25) is 0 Å². The Morgan fingerprint density at radius 2 is 1.73 bits per heavy atom. The molecule has 9 nitrogen and oxygen atoms in total. The Kier molecular flexibility index (Phi) is 8.36. The molecule has 0 aliphatic heterocycles. The molecule has 0 bridgehead atoms. The van der Waals surface area contributed by atoms with Crippen LogP contribution in [-0.2, 0) is 20.8 Å². The third-order valence-electron chi connectivity index (χ3n) is 3.59. The summed E-state index contributed by atoms with van der Waals surface area (Å²) >= 11 is 3.92. The van der Waals surface area contributed by atoms with Crippen LogP contribution in [0, 0.1) is 0 Å². The SMILES string of the molecule is C[C@@H](O)[C@H](NC(=O)[C@H](Cc1ccc(O)cc1)NC(=O)[C@@H](N)CS)C(=O)O. The van der Waals surface area contributed by atoms with Gasteiger partial charge >= 0.3 is 5.97 Å². The normalized spacial score (nSPS) is 15.4. The van der Waals surface area contributed by atoms with E-state index in [4.69, 9.17) is 10.8 Å². The molecule has 0 saturated carbocycles. The molecule has 0 saturated heterocycles. The topological polar surface area (TPSA) is 162 Å². The van der Waals surface area contributed by atoms with Crippen molar-refractivity contribution < 1.29 is 29.7 Å². The summed E-state index contributed by atoms with van der Waals surface area (Å²) in [6.45, 7) is 1.23. The van der Waals surface area contributed by atoms with Gasteiger partial charge in [-0.15, -0.1) is 0 Å². The number of hydrogen-bond acceptors (Lipinski definition) is 7. The first-order chi connectivity index (χ1) is 12.1. The molecule has 1 aromatic rings. The lowest BCUT2D eigenvalue weighted by molar-refractivity contribution is -0.145. The summed E-state index contributed by atoms with van der Waals surface area (Å²) in [5.41, 5.74) is 6.21. The van der Waals surface area contributed by atoms with E-state index in [-0.39, 0.29) is 17.9 Å². The third-order valence-corrected chi connectivity index (χ3v) is 3.98. The molecule has 7 N–H and O–H groups in total. The lowest BCUT2D eigenvalue weighted by Crippen LogP contribution is -2.57. The van der Waals surface area contributed by atoms with E-state index in [0.717, 1.165) is 0 Å². The Bertz CT molecular complexity index is 637. The van der Waals surface area contributed by atoms with Gasteiger partial charge in [0.15, 0.2) is 6.04 Å². The maximum Gasteiger partial charge on any atom is 0.328 e. The fraction of sp³-hybridized carbons (Fsp3) is 0.438. The van der Waals surface area contributed by atoms with Crippen molar-refractivity contribution >= 4 is 30.4 Å². The van der Waals surface area contributed by atoms with Crippen molar-refractivity contribution in [3.05, 3.63) is 29.8 Å². The summed E-state index contributed by atoms with van der Waals surface area (Å²) in [5, 5.41) is 32.6. The van der Waals surface area contributed by atoms with Gasteiger partial charge in [0.1, 0.15) is 11.8 Å². The number of aliphatic hydroxyl groups is 1. The lowest BCUT2D eigenvalue weighted by Gasteiger charge is -2.23. The molecule has 0 aromatic heterocycles. The molecule has 0 aliphatic rings. The minimum absolute atomic E-state index is 0.0310. The van der Waals surface area contributed by atoms with Crippen LogP contribution in [-0.4, -0.2) is 63.1 Å². The molecule has 0 unspecified atom stereocenters. The number of nitrogens with two attached hydrogens (primary N) is 1. The zero-order chi connectivity index (χ0) is 19.9. The number of amides is 2. The number of aliphatic carboxylic acids is 1. The van der Waals surface area contributed by atoms with Crippen molar-refractivity contribution in [3.63, 3.8) is 0 Å². The van der Waals surface area contributed by atoms with Crippen LogP contribution in [0.5, 0.6) is 5.75 Å². The molecule has 2 amide bonds. The Morgan fingerprint density at radius 1 is 1.15 bits per heavy atom. The van der Waals surface area contributed by atoms with Crippen LogP contribution in [0.3, 0.4) is 0 Å². The molecule has 1 aromatic carbocycles. The summed E-state index contributed by atoms with van der Waals surface area (Å²) < 4.78 is 0. The highest BCUT2D eigenvalue weighted by Crippen LogP contribution is 2.12. The number of aliphatic hydroxyl groups excluding tert-OH is 1. The molecule has 144 valence electrons. The van der Waals surface area contributed by atoms with Crippen LogP contribution in [0.25, 0.3) is 0 Å². The van der Waals surface area contributed by atoms with Crippen LogP contribution < -0.4 is 16.4 Å². The van der Waals surface area contributed by atoms with Gasteiger partial charge in [-0.3, -0.25) is 9.59 Å². The number of carboxylic acids is 1. The first-order valence-corrected chi connectivity index (χ1v) is 8.45. The summed E-state index contributed by atoms with van der Waals surface area (Å²) in [5.74, 6) is -2.72. The van der Waals surface area contributed by atoms with E-state index in [2.05, 4.69) is 23.3 Å². The smallest absolute Gasteiger partial charge is 0.328 e. The van der Waals surface area contributed by atoms with Crippen molar-refractivity contribution in [1.29, 1.82) is 0 Å². The number of rotatable bonds is 9. The van der Waals surface area contributed by atoms with E-state index < -0.39 is 42.0 Å². The average molecular weight is 385 g/mol. The van der Waals surface area contributed by atoms with Crippen molar-refractivity contribution in [2.24, 2.45) is 5.73 Å². The number of benzene rings is 1. The molecule has 10 heteroatoms. The van der Waals surface area contributed by atoms with Crippen LogP contribution in [0.4, 0.5) is 0 Å². The second-order valence-corrected chi connectivity index (χ2v) is 6.15. The highest BCUT2D eigenvalue weighted by molar-refractivity contribution is 7.80. The first kappa shape index (κ1) is 21.7. The Balaban J connectivity index is 2.97. The van der Waals surface area contributed by atoms with Crippen LogP contribution >= 0.6 is 12.6 Å². The fourth-order valence-electron chi connectivity index (χ4n) is 2.08. The predicted octanol–water partition coefficient (Wildman–Crippen LogP) is -1.37. The largest absolute Gasteiger partial charge is 0.508 e. The minimum atomic E-state index is -1.53. The average Bonchev–Trinajstić information content (AvgIpc) is 2.59. The van der Waals surface area contributed by atoms with Crippen molar-refractivity contribution in [3.8, 4) is 5.75 Å². The van der Waals surface area contributed by atoms with Crippen molar-refractivity contribution in [2.45, 2.75) is 37.6 Å². The van der Waals surface area contributed by atoms with E-state index in [9.17, 15) is 24.6 Å². The molecule has 0 radical (unpaired) electrons. The number of hydrogen-bond donors (Lipinski definition) is 7.